The third-order valence-electron chi connectivity index (χ3n) is 4.91. The number of nitrogens with one attached hydrogen (secondary N) is 1. The van der Waals surface area contributed by atoms with Gasteiger partial charge in [0.2, 0.25) is 5.95 Å². The average Bonchev–Trinajstić information content (AvgIpc) is 3.16. The Morgan fingerprint density at radius 2 is 2.00 bits per heavy atom. The van der Waals surface area contributed by atoms with E-state index < -0.39 is 0 Å². The quantitative estimate of drug-likeness (QED) is 0.616. The van der Waals surface area contributed by atoms with E-state index in [2.05, 4.69) is 10.2 Å². The molecule has 0 bridgehead atoms. The molecule has 3 aromatic rings. The molecule has 0 spiro atoms. The Bertz CT molecular complexity index is 941. The predicted molar refractivity (Wildman–Crippen MR) is 113 cm³/mol. The Balaban J connectivity index is 1.57. The number of piperidine rings is 1. The van der Waals surface area contributed by atoms with Crippen LogP contribution >= 0.6 is 34.5 Å². The molecular weight excluding hydrogens is 403 g/mol. The van der Waals surface area contributed by atoms with E-state index in [-0.39, 0.29) is 6.61 Å². The number of hydrogen-bond donors (Lipinski definition) is 2. The van der Waals surface area contributed by atoms with Crippen LogP contribution in [0, 0.1) is 5.92 Å². The van der Waals surface area contributed by atoms with Crippen LogP contribution in [0.2, 0.25) is 10.0 Å². The van der Waals surface area contributed by atoms with Gasteiger partial charge in [-0.05, 0) is 47.9 Å². The number of benzene rings is 1. The molecule has 2 N–H and O–H groups in total. The fourth-order valence-corrected chi connectivity index (χ4v) is 4.54. The van der Waals surface area contributed by atoms with Crippen LogP contribution in [0.25, 0.3) is 10.2 Å². The van der Waals surface area contributed by atoms with E-state index in [1.54, 1.807) is 17.4 Å². The molecule has 2 aromatic heterocycles. The van der Waals surface area contributed by atoms with Gasteiger partial charge in [-0.3, -0.25) is 0 Å². The number of nitrogens with zero attached hydrogens (tertiary/aromatic N) is 3. The van der Waals surface area contributed by atoms with Crippen molar-refractivity contribution in [3.8, 4) is 0 Å². The average molecular weight is 423 g/mol. The van der Waals surface area contributed by atoms with E-state index in [1.165, 1.54) is 0 Å². The first-order valence-electron chi connectivity index (χ1n) is 8.93. The van der Waals surface area contributed by atoms with Gasteiger partial charge in [-0.1, -0.05) is 29.3 Å². The van der Waals surface area contributed by atoms with Gasteiger partial charge in [-0.15, -0.1) is 11.3 Å². The summed E-state index contributed by atoms with van der Waals surface area (Å²) in [6.45, 7) is 2.55. The molecular formula is C19H20Cl2N4OS. The maximum Gasteiger partial charge on any atom is 0.227 e. The molecule has 8 heteroatoms. The van der Waals surface area contributed by atoms with Crippen molar-refractivity contribution < 1.29 is 5.11 Å². The monoisotopic (exact) mass is 422 g/mol. The third kappa shape index (κ3) is 4.14. The molecule has 5 nitrogen and oxygen atoms in total. The normalized spacial score (nSPS) is 15.4. The van der Waals surface area contributed by atoms with Crippen molar-refractivity contribution in [3.63, 3.8) is 0 Å². The first-order valence-corrected chi connectivity index (χ1v) is 10.6. The van der Waals surface area contributed by atoms with Crippen LogP contribution in [0.15, 0.2) is 29.6 Å². The van der Waals surface area contributed by atoms with E-state index >= 15 is 0 Å². The second-order valence-electron chi connectivity index (χ2n) is 6.71. The van der Waals surface area contributed by atoms with E-state index in [1.807, 2.05) is 23.6 Å². The van der Waals surface area contributed by atoms with Crippen LogP contribution in [0.3, 0.4) is 0 Å². The maximum absolute atomic E-state index is 9.35. The maximum atomic E-state index is 9.35. The number of hydrogen-bond acceptors (Lipinski definition) is 6. The number of thiophene rings is 1. The van der Waals surface area contributed by atoms with Gasteiger partial charge in [-0.2, -0.15) is 4.98 Å². The molecule has 1 aliphatic rings. The first kappa shape index (κ1) is 18.7. The molecule has 3 heterocycles. The minimum absolute atomic E-state index is 0.257. The van der Waals surface area contributed by atoms with Crippen LogP contribution in [0.4, 0.5) is 11.8 Å². The van der Waals surface area contributed by atoms with Crippen LogP contribution in [-0.4, -0.2) is 34.8 Å². The van der Waals surface area contributed by atoms with Gasteiger partial charge in [0.1, 0.15) is 5.82 Å². The summed E-state index contributed by atoms with van der Waals surface area (Å²) in [6, 6.07) is 7.52. The highest BCUT2D eigenvalue weighted by atomic mass is 35.5. The third-order valence-corrected chi connectivity index (χ3v) is 6.41. The van der Waals surface area contributed by atoms with E-state index in [0.29, 0.717) is 22.5 Å². The van der Waals surface area contributed by atoms with Crippen LogP contribution < -0.4 is 10.2 Å². The number of aliphatic hydroxyl groups is 1. The van der Waals surface area contributed by atoms with Gasteiger partial charge >= 0.3 is 0 Å². The van der Waals surface area contributed by atoms with Crippen molar-refractivity contribution in [2.45, 2.75) is 19.4 Å². The lowest BCUT2D eigenvalue weighted by atomic mass is 9.98. The Morgan fingerprint density at radius 3 is 2.74 bits per heavy atom. The highest BCUT2D eigenvalue weighted by Gasteiger charge is 2.22. The molecule has 0 unspecified atom stereocenters. The molecule has 142 valence electrons. The summed E-state index contributed by atoms with van der Waals surface area (Å²) < 4.78 is 1.04. The van der Waals surface area contributed by atoms with Crippen molar-refractivity contribution in [3.05, 3.63) is 45.3 Å². The Morgan fingerprint density at radius 1 is 1.19 bits per heavy atom. The predicted octanol–water partition coefficient (Wildman–Crippen LogP) is 4.82. The lowest BCUT2D eigenvalue weighted by Crippen LogP contribution is -2.35. The number of anilines is 2. The minimum atomic E-state index is 0.257. The first-order chi connectivity index (χ1) is 13.1. The highest BCUT2D eigenvalue weighted by Crippen LogP contribution is 2.31. The fourth-order valence-electron chi connectivity index (χ4n) is 3.27. The molecule has 4 rings (SSSR count). The molecule has 1 aliphatic heterocycles. The molecule has 0 aliphatic carbocycles. The molecule has 1 aromatic carbocycles. The summed E-state index contributed by atoms with van der Waals surface area (Å²) in [5, 5.41) is 16.1. The van der Waals surface area contributed by atoms with Crippen molar-refractivity contribution >= 4 is 56.5 Å². The zero-order valence-corrected chi connectivity index (χ0v) is 17.0. The number of halogens is 2. The van der Waals surface area contributed by atoms with Gasteiger partial charge in [0.25, 0.3) is 0 Å². The Labute approximate surface area is 172 Å². The second kappa shape index (κ2) is 8.19. The molecule has 0 saturated carbocycles. The standard InChI is InChI=1S/C19H20Cl2N4OS/c20-14-2-1-13(15(21)9-14)10-22-18-17-16(5-8-27-17)23-19(24-18)25-6-3-12(11-26)4-7-25/h1-2,5,8-9,12,26H,3-4,6-7,10-11H2,(H,22,23,24). The number of fused-ring (bicyclic) bond motifs is 1. The molecule has 1 fully saturated rings. The van der Waals surface area contributed by atoms with E-state index in [9.17, 15) is 5.11 Å². The second-order valence-corrected chi connectivity index (χ2v) is 8.47. The fraction of sp³-hybridized carbons (Fsp3) is 0.368. The zero-order chi connectivity index (χ0) is 18.8. The van der Waals surface area contributed by atoms with Gasteiger partial charge in [-0.25, -0.2) is 4.98 Å². The molecule has 0 radical (unpaired) electrons. The van der Waals surface area contributed by atoms with Crippen LogP contribution in [0.1, 0.15) is 18.4 Å². The largest absolute Gasteiger partial charge is 0.396 e. The Kier molecular flexibility index (Phi) is 5.68. The number of rotatable bonds is 5. The molecule has 1 saturated heterocycles. The summed E-state index contributed by atoms with van der Waals surface area (Å²) in [4.78, 5) is 11.7. The highest BCUT2D eigenvalue weighted by molar-refractivity contribution is 7.17. The van der Waals surface area contributed by atoms with Gasteiger partial charge < -0.3 is 15.3 Å². The number of aliphatic hydroxyl groups excluding tert-OH is 1. The lowest BCUT2D eigenvalue weighted by molar-refractivity contribution is 0.202. The smallest absolute Gasteiger partial charge is 0.227 e. The molecule has 0 atom stereocenters. The topological polar surface area (TPSA) is 61.3 Å². The molecule has 0 amide bonds. The van der Waals surface area contributed by atoms with Crippen molar-refractivity contribution in [1.29, 1.82) is 0 Å². The van der Waals surface area contributed by atoms with E-state index in [0.717, 1.165) is 53.5 Å². The summed E-state index contributed by atoms with van der Waals surface area (Å²) in [5.41, 5.74) is 1.91. The Hall–Kier alpha value is -1.60. The zero-order valence-electron chi connectivity index (χ0n) is 14.7. The van der Waals surface area contributed by atoms with Crippen molar-refractivity contribution in [1.82, 2.24) is 9.97 Å². The summed E-state index contributed by atoms with van der Waals surface area (Å²) in [7, 11) is 0. The van der Waals surface area contributed by atoms with Crippen molar-refractivity contribution in [2.75, 3.05) is 29.9 Å². The summed E-state index contributed by atoms with van der Waals surface area (Å²) in [6.07, 6.45) is 1.93. The van der Waals surface area contributed by atoms with Gasteiger partial charge in [0.15, 0.2) is 0 Å². The summed E-state index contributed by atoms with van der Waals surface area (Å²) >= 11 is 13.9. The van der Waals surface area contributed by atoms with Crippen LogP contribution in [0.5, 0.6) is 0 Å². The van der Waals surface area contributed by atoms with Gasteiger partial charge in [0, 0.05) is 36.3 Å². The minimum Gasteiger partial charge on any atom is -0.396 e. The summed E-state index contributed by atoms with van der Waals surface area (Å²) in [5.74, 6) is 1.94. The van der Waals surface area contributed by atoms with Crippen LogP contribution in [-0.2, 0) is 6.54 Å². The van der Waals surface area contributed by atoms with Crippen molar-refractivity contribution in [2.24, 2.45) is 5.92 Å². The van der Waals surface area contributed by atoms with E-state index in [4.69, 9.17) is 33.2 Å². The SMILES string of the molecule is OCC1CCN(c2nc(NCc3ccc(Cl)cc3Cl)c3sccc3n2)CC1. The number of aromatic nitrogens is 2. The molecule has 27 heavy (non-hydrogen) atoms. The lowest BCUT2D eigenvalue weighted by Gasteiger charge is -2.31. The van der Waals surface area contributed by atoms with Gasteiger partial charge in [0.05, 0.1) is 10.2 Å².